The normalized spacial score (nSPS) is 16.0. The van der Waals surface area contributed by atoms with Crippen LogP contribution in [-0.2, 0) is 4.74 Å². The Kier molecular flexibility index (Phi) is 3.23. The summed E-state index contributed by atoms with van der Waals surface area (Å²) >= 11 is 0. The summed E-state index contributed by atoms with van der Waals surface area (Å²) in [6.07, 6.45) is 0. The van der Waals surface area contributed by atoms with Crippen molar-refractivity contribution in [1.82, 2.24) is 4.90 Å². The van der Waals surface area contributed by atoms with Crippen LogP contribution in [0.2, 0.25) is 0 Å². The molecule has 1 amide bonds. The van der Waals surface area contributed by atoms with Crippen molar-refractivity contribution in [3.63, 3.8) is 0 Å². The number of hydrogen-bond donors (Lipinski definition) is 1. The minimum Gasteiger partial charge on any atom is -0.398 e. The summed E-state index contributed by atoms with van der Waals surface area (Å²) in [6, 6.07) is 1.66. The van der Waals surface area contributed by atoms with Gasteiger partial charge < -0.3 is 15.4 Å². The highest BCUT2D eigenvalue weighted by atomic mass is 19.2. The topological polar surface area (TPSA) is 55.6 Å². The molecule has 0 radical (unpaired) electrons. The molecular weight excluding hydrogens is 230 g/mol. The molecule has 0 spiro atoms. The molecule has 1 aromatic rings. The first kappa shape index (κ1) is 11.8. The monoisotopic (exact) mass is 242 g/mol. The summed E-state index contributed by atoms with van der Waals surface area (Å²) in [5, 5.41) is 0. The number of halogens is 2. The Bertz CT molecular complexity index is 445. The molecule has 0 aliphatic carbocycles. The van der Waals surface area contributed by atoms with E-state index >= 15 is 0 Å². The molecule has 1 aliphatic rings. The first-order chi connectivity index (χ1) is 8.09. The average molecular weight is 242 g/mol. The molecule has 92 valence electrons. The van der Waals surface area contributed by atoms with Crippen LogP contribution in [0.15, 0.2) is 12.1 Å². The van der Waals surface area contributed by atoms with Crippen LogP contribution in [-0.4, -0.2) is 37.1 Å². The van der Waals surface area contributed by atoms with E-state index in [0.717, 1.165) is 12.1 Å². The fourth-order valence-electron chi connectivity index (χ4n) is 1.68. The van der Waals surface area contributed by atoms with Crippen LogP contribution in [0.1, 0.15) is 10.4 Å². The minimum absolute atomic E-state index is 0.00852. The van der Waals surface area contributed by atoms with Crippen LogP contribution >= 0.6 is 0 Å². The molecule has 0 saturated carbocycles. The van der Waals surface area contributed by atoms with Crippen molar-refractivity contribution in [3.05, 3.63) is 29.3 Å². The zero-order valence-corrected chi connectivity index (χ0v) is 9.08. The third-order valence-electron chi connectivity index (χ3n) is 2.62. The second-order valence-electron chi connectivity index (χ2n) is 3.76. The van der Waals surface area contributed by atoms with Crippen molar-refractivity contribution in [2.45, 2.75) is 0 Å². The van der Waals surface area contributed by atoms with Crippen molar-refractivity contribution in [1.29, 1.82) is 0 Å². The van der Waals surface area contributed by atoms with Crippen LogP contribution in [0, 0.1) is 11.6 Å². The van der Waals surface area contributed by atoms with Gasteiger partial charge in [-0.3, -0.25) is 4.79 Å². The zero-order valence-electron chi connectivity index (χ0n) is 9.08. The summed E-state index contributed by atoms with van der Waals surface area (Å²) in [6.45, 7) is 1.74. The van der Waals surface area contributed by atoms with Gasteiger partial charge >= 0.3 is 0 Å². The van der Waals surface area contributed by atoms with Crippen molar-refractivity contribution >= 4 is 11.6 Å². The lowest BCUT2D eigenvalue weighted by molar-refractivity contribution is 0.0303. The number of hydrogen-bond acceptors (Lipinski definition) is 3. The number of benzene rings is 1. The number of nitrogens with two attached hydrogens (primary N) is 1. The molecule has 1 heterocycles. The van der Waals surface area contributed by atoms with Crippen molar-refractivity contribution in [2.75, 3.05) is 32.0 Å². The third kappa shape index (κ3) is 2.36. The maximum absolute atomic E-state index is 13.1. The van der Waals surface area contributed by atoms with Gasteiger partial charge in [0.25, 0.3) is 5.91 Å². The fourth-order valence-corrected chi connectivity index (χ4v) is 1.68. The number of morpholine rings is 1. The van der Waals surface area contributed by atoms with Gasteiger partial charge in [-0.2, -0.15) is 0 Å². The summed E-state index contributed by atoms with van der Waals surface area (Å²) in [4.78, 5) is 13.5. The minimum atomic E-state index is -1.07. The number of anilines is 1. The second-order valence-corrected chi connectivity index (χ2v) is 3.76. The Morgan fingerprint density at radius 2 is 1.82 bits per heavy atom. The molecule has 6 heteroatoms. The molecule has 17 heavy (non-hydrogen) atoms. The molecule has 1 aromatic carbocycles. The number of ether oxygens (including phenoxy) is 1. The van der Waals surface area contributed by atoms with Crippen molar-refractivity contribution < 1.29 is 18.3 Å². The van der Waals surface area contributed by atoms with Crippen molar-refractivity contribution in [3.8, 4) is 0 Å². The molecule has 0 aromatic heterocycles. The molecule has 2 N–H and O–H groups in total. The summed E-state index contributed by atoms with van der Waals surface area (Å²) in [5.74, 6) is -2.53. The number of nitrogens with zero attached hydrogens (tertiary/aromatic N) is 1. The lowest BCUT2D eigenvalue weighted by atomic mass is 10.1. The number of carbonyl (C=O) groups is 1. The predicted molar refractivity (Wildman–Crippen MR) is 57.5 cm³/mol. The highest BCUT2D eigenvalue weighted by molar-refractivity contribution is 5.99. The Balaban J connectivity index is 2.26. The van der Waals surface area contributed by atoms with E-state index in [1.54, 1.807) is 0 Å². The summed E-state index contributed by atoms with van der Waals surface area (Å²) in [5.41, 5.74) is 5.45. The zero-order chi connectivity index (χ0) is 12.4. The SMILES string of the molecule is Nc1cc(F)c(F)cc1C(=O)N1CCOCC1. The van der Waals surface area contributed by atoms with E-state index in [2.05, 4.69) is 0 Å². The van der Waals surface area contributed by atoms with E-state index < -0.39 is 17.5 Å². The lowest BCUT2D eigenvalue weighted by Crippen LogP contribution is -2.41. The van der Waals surface area contributed by atoms with E-state index in [1.165, 1.54) is 4.90 Å². The molecule has 4 nitrogen and oxygen atoms in total. The summed E-state index contributed by atoms with van der Waals surface area (Å²) < 4.78 is 31.0. The number of carbonyl (C=O) groups excluding carboxylic acids is 1. The maximum atomic E-state index is 13.1. The molecule has 1 fully saturated rings. The summed E-state index contributed by atoms with van der Waals surface area (Å²) in [7, 11) is 0. The van der Waals surface area contributed by atoms with Crippen molar-refractivity contribution in [2.24, 2.45) is 0 Å². The lowest BCUT2D eigenvalue weighted by Gasteiger charge is -2.27. The Labute approximate surface area is 97.0 Å². The Morgan fingerprint density at radius 3 is 2.47 bits per heavy atom. The van der Waals surface area contributed by atoms with Gasteiger partial charge in [0.05, 0.1) is 18.8 Å². The fraction of sp³-hybridized carbons (Fsp3) is 0.364. The van der Waals surface area contributed by atoms with E-state index in [1.807, 2.05) is 0 Å². The van der Waals surface area contributed by atoms with E-state index in [0.29, 0.717) is 26.3 Å². The molecule has 2 rings (SSSR count). The maximum Gasteiger partial charge on any atom is 0.256 e. The number of nitrogen functional groups attached to an aromatic ring is 1. The van der Waals surface area contributed by atoms with Gasteiger partial charge in [0.2, 0.25) is 0 Å². The van der Waals surface area contributed by atoms with Crippen LogP contribution in [0.4, 0.5) is 14.5 Å². The first-order valence-corrected chi connectivity index (χ1v) is 5.21. The van der Waals surface area contributed by atoms with Gasteiger partial charge in [0.1, 0.15) is 0 Å². The molecule has 1 saturated heterocycles. The highest BCUT2D eigenvalue weighted by Gasteiger charge is 2.22. The predicted octanol–water partition coefficient (Wildman–Crippen LogP) is 1.02. The molecule has 0 bridgehead atoms. The molecular formula is C11H12F2N2O2. The largest absolute Gasteiger partial charge is 0.398 e. The Hall–Kier alpha value is -1.69. The van der Waals surface area contributed by atoms with Gasteiger partial charge in [-0.05, 0) is 6.07 Å². The second kappa shape index (κ2) is 4.67. The Morgan fingerprint density at radius 1 is 1.24 bits per heavy atom. The van der Waals surface area contributed by atoms with Crippen LogP contribution in [0.5, 0.6) is 0 Å². The van der Waals surface area contributed by atoms with Crippen LogP contribution in [0.25, 0.3) is 0 Å². The van der Waals surface area contributed by atoms with E-state index in [4.69, 9.17) is 10.5 Å². The number of amides is 1. The van der Waals surface area contributed by atoms with E-state index in [9.17, 15) is 13.6 Å². The smallest absolute Gasteiger partial charge is 0.256 e. The van der Waals surface area contributed by atoms with Gasteiger partial charge in [0.15, 0.2) is 11.6 Å². The van der Waals surface area contributed by atoms with Gasteiger partial charge in [-0.15, -0.1) is 0 Å². The molecule has 1 aliphatic heterocycles. The number of rotatable bonds is 1. The van der Waals surface area contributed by atoms with Gasteiger partial charge in [-0.25, -0.2) is 8.78 Å². The quantitative estimate of drug-likeness (QED) is 0.748. The van der Waals surface area contributed by atoms with Crippen LogP contribution in [0.3, 0.4) is 0 Å². The van der Waals surface area contributed by atoms with E-state index in [-0.39, 0.29) is 11.3 Å². The standard InChI is InChI=1S/C11H12F2N2O2/c12-8-5-7(10(14)6-9(8)13)11(16)15-1-3-17-4-2-15/h5-6H,1-4,14H2. The first-order valence-electron chi connectivity index (χ1n) is 5.21. The van der Waals surface area contributed by atoms with Gasteiger partial charge in [0, 0.05) is 24.8 Å². The highest BCUT2D eigenvalue weighted by Crippen LogP contribution is 2.19. The molecule has 0 atom stereocenters. The average Bonchev–Trinajstić information content (AvgIpc) is 2.34. The van der Waals surface area contributed by atoms with Crippen LogP contribution < -0.4 is 5.73 Å². The van der Waals surface area contributed by atoms with Gasteiger partial charge in [-0.1, -0.05) is 0 Å². The third-order valence-corrected chi connectivity index (χ3v) is 2.62. The molecule has 0 unspecified atom stereocenters.